The molecule has 0 saturated carbocycles. The molecule has 1 heterocycles. The van der Waals surface area contributed by atoms with Gasteiger partial charge >= 0.3 is 0 Å². The number of halogens is 1. The number of aryl methyl sites for hydroxylation is 1. The second-order valence-corrected chi connectivity index (χ2v) is 6.34. The van der Waals surface area contributed by atoms with Gasteiger partial charge in [0.15, 0.2) is 0 Å². The standard InChI is InChI=1S/C15H17BrN2O/c1-15(19)11(8-14-17-6-7-18-14)4-2-10-3-5-12(16)9-13(10)15/h3,5-7,9,11,19H,2,4,8H2,1H3,(H,17,18). The van der Waals surface area contributed by atoms with Gasteiger partial charge in [-0.15, -0.1) is 0 Å². The number of aromatic amines is 1. The first-order valence-corrected chi connectivity index (χ1v) is 7.36. The van der Waals surface area contributed by atoms with E-state index in [1.807, 2.05) is 25.3 Å². The summed E-state index contributed by atoms with van der Waals surface area (Å²) in [7, 11) is 0. The minimum absolute atomic E-state index is 0.195. The average Bonchev–Trinajstić information content (AvgIpc) is 2.87. The van der Waals surface area contributed by atoms with Crippen LogP contribution in [0, 0.1) is 5.92 Å². The molecule has 1 aliphatic rings. The van der Waals surface area contributed by atoms with Crippen molar-refractivity contribution in [3.8, 4) is 0 Å². The lowest BCUT2D eigenvalue weighted by Crippen LogP contribution is -2.38. The van der Waals surface area contributed by atoms with E-state index in [9.17, 15) is 5.11 Å². The third-order valence-corrected chi connectivity index (χ3v) is 4.66. The van der Waals surface area contributed by atoms with E-state index in [-0.39, 0.29) is 5.92 Å². The number of H-pyrrole nitrogens is 1. The van der Waals surface area contributed by atoms with E-state index >= 15 is 0 Å². The average molecular weight is 321 g/mol. The second kappa shape index (κ2) is 4.76. The predicted octanol–water partition coefficient (Wildman–Crippen LogP) is 3.18. The molecule has 100 valence electrons. The lowest BCUT2D eigenvalue weighted by atomic mass is 9.71. The SMILES string of the molecule is CC1(O)c2cc(Br)ccc2CCC1Cc1ncc[nH]1. The molecule has 0 bridgehead atoms. The zero-order chi connectivity index (χ0) is 13.5. The monoisotopic (exact) mass is 320 g/mol. The molecule has 3 rings (SSSR count). The molecule has 0 fully saturated rings. The van der Waals surface area contributed by atoms with Crippen LogP contribution in [0.25, 0.3) is 0 Å². The van der Waals surface area contributed by atoms with E-state index < -0.39 is 5.60 Å². The molecule has 4 heteroatoms. The summed E-state index contributed by atoms with van der Waals surface area (Å²) in [5.74, 6) is 1.14. The van der Waals surface area contributed by atoms with Crippen LogP contribution in [0.15, 0.2) is 35.1 Å². The molecular formula is C15H17BrN2O. The summed E-state index contributed by atoms with van der Waals surface area (Å²) < 4.78 is 1.02. The number of hydrogen-bond acceptors (Lipinski definition) is 2. The van der Waals surface area contributed by atoms with Crippen LogP contribution in [-0.4, -0.2) is 15.1 Å². The zero-order valence-corrected chi connectivity index (χ0v) is 12.4. The molecule has 2 atom stereocenters. The Bertz CT molecular complexity index is 578. The van der Waals surface area contributed by atoms with Crippen LogP contribution in [0.2, 0.25) is 0 Å². The van der Waals surface area contributed by atoms with Crippen molar-refractivity contribution in [3.63, 3.8) is 0 Å². The summed E-state index contributed by atoms with van der Waals surface area (Å²) in [4.78, 5) is 7.40. The number of rotatable bonds is 2. The van der Waals surface area contributed by atoms with Gasteiger partial charge in [-0.25, -0.2) is 4.98 Å². The molecule has 0 amide bonds. The topological polar surface area (TPSA) is 48.9 Å². The first kappa shape index (κ1) is 12.9. The summed E-state index contributed by atoms with van der Waals surface area (Å²) in [5, 5.41) is 10.9. The lowest BCUT2D eigenvalue weighted by Gasteiger charge is -2.39. The van der Waals surface area contributed by atoms with Crippen molar-refractivity contribution in [2.24, 2.45) is 5.92 Å². The number of imidazole rings is 1. The number of nitrogens with zero attached hydrogens (tertiary/aromatic N) is 1. The second-order valence-electron chi connectivity index (χ2n) is 5.42. The van der Waals surface area contributed by atoms with Crippen molar-refractivity contribution < 1.29 is 5.11 Å². The molecule has 0 spiro atoms. The Hall–Kier alpha value is -1.13. The predicted molar refractivity (Wildman–Crippen MR) is 77.8 cm³/mol. The van der Waals surface area contributed by atoms with Gasteiger partial charge in [-0.1, -0.05) is 22.0 Å². The van der Waals surface area contributed by atoms with E-state index in [0.29, 0.717) is 0 Å². The van der Waals surface area contributed by atoms with Crippen LogP contribution in [-0.2, 0) is 18.4 Å². The van der Waals surface area contributed by atoms with Crippen molar-refractivity contribution >= 4 is 15.9 Å². The summed E-state index contributed by atoms with van der Waals surface area (Å²) in [5.41, 5.74) is 1.50. The Labute approximate surface area is 121 Å². The van der Waals surface area contributed by atoms with Crippen LogP contribution in [0.4, 0.5) is 0 Å². The first-order valence-electron chi connectivity index (χ1n) is 6.57. The fraction of sp³-hybridized carbons (Fsp3) is 0.400. The molecule has 2 unspecified atom stereocenters. The molecule has 0 saturated heterocycles. The highest BCUT2D eigenvalue weighted by Gasteiger charge is 2.39. The van der Waals surface area contributed by atoms with Crippen molar-refractivity contribution in [2.75, 3.05) is 0 Å². The highest BCUT2D eigenvalue weighted by atomic mass is 79.9. The third kappa shape index (κ3) is 2.35. The third-order valence-electron chi connectivity index (χ3n) is 4.17. The number of benzene rings is 1. The zero-order valence-electron chi connectivity index (χ0n) is 10.9. The molecule has 1 aromatic carbocycles. The molecule has 2 N–H and O–H groups in total. The Balaban J connectivity index is 1.93. The van der Waals surface area contributed by atoms with Gasteiger partial charge < -0.3 is 10.1 Å². The van der Waals surface area contributed by atoms with Crippen molar-refractivity contribution in [2.45, 2.75) is 31.8 Å². The van der Waals surface area contributed by atoms with Gasteiger partial charge in [0.2, 0.25) is 0 Å². The number of hydrogen-bond donors (Lipinski definition) is 2. The molecule has 19 heavy (non-hydrogen) atoms. The Morgan fingerprint density at radius 3 is 3.11 bits per heavy atom. The van der Waals surface area contributed by atoms with Gasteiger partial charge in [0, 0.05) is 23.3 Å². The molecule has 1 aliphatic carbocycles. The van der Waals surface area contributed by atoms with Gasteiger partial charge in [-0.05, 0) is 48.9 Å². The summed E-state index contributed by atoms with van der Waals surface area (Å²) in [6, 6.07) is 6.20. The number of aliphatic hydroxyl groups is 1. The fourth-order valence-electron chi connectivity index (χ4n) is 3.01. The summed E-state index contributed by atoms with van der Waals surface area (Å²) >= 11 is 3.49. The van der Waals surface area contributed by atoms with Crippen LogP contribution in [0.5, 0.6) is 0 Å². The van der Waals surface area contributed by atoms with Crippen LogP contribution >= 0.6 is 15.9 Å². The van der Waals surface area contributed by atoms with Gasteiger partial charge in [0.25, 0.3) is 0 Å². The van der Waals surface area contributed by atoms with E-state index in [1.54, 1.807) is 6.20 Å². The number of nitrogens with one attached hydrogen (secondary N) is 1. The Morgan fingerprint density at radius 2 is 2.37 bits per heavy atom. The quantitative estimate of drug-likeness (QED) is 0.892. The lowest BCUT2D eigenvalue weighted by molar-refractivity contribution is -0.0181. The van der Waals surface area contributed by atoms with Crippen LogP contribution in [0.1, 0.15) is 30.3 Å². The van der Waals surface area contributed by atoms with Crippen LogP contribution < -0.4 is 0 Å². The minimum atomic E-state index is -0.801. The van der Waals surface area contributed by atoms with E-state index in [1.165, 1.54) is 5.56 Å². The van der Waals surface area contributed by atoms with Gasteiger partial charge in [0.1, 0.15) is 5.82 Å². The van der Waals surface area contributed by atoms with Crippen molar-refractivity contribution in [3.05, 3.63) is 52.0 Å². The summed E-state index contributed by atoms with van der Waals surface area (Å²) in [6.07, 6.45) is 6.38. The highest BCUT2D eigenvalue weighted by Crippen LogP contribution is 2.41. The maximum Gasteiger partial charge on any atom is 0.106 e. The molecule has 0 aliphatic heterocycles. The first-order chi connectivity index (χ1) is 9.07. The molecule has 3 nitrogen and oxygen atoms in total. The van der Waals surface area contributed by atoms with Gasteiger partial charge in [-0.3, -0.25) is 0 Å². The van der Waals surface area contributed by atoms with Gasteiger partial charge in [-0.2, -0.15) is 0 Å². The number of fused-ring (bicyclic) bond motifs is 1. The molecule has 0 radical (unpaired) electrons. The van der Waals surface area contributed by atoms with Crippen molar-refractivity contribution in [1.29, 1.82) is 0 Å². The normalized spacial score (nSPS) is 26.2. The maximum absolute atomic E-state index is 10.9. The van der Waals surface area contributed by atoms with E-state index in [2.05, 4.69) is 32.0 Å². The Morgan fingerprint density at radius 1 is 1.53 bits per heavy atom. The largest absolute Gasteiger partial charge is 0.385 e. The Kier molecular flexibility index (Phi) is 3.23. The molecular weight excluding hydrogens is 304 g/mol. The number of aromatic nitrogens is 2. The smallest absolute Gasteiger partial charge is 0.106 e. The van der Waals surface area contributed by atoms with E-state index in [4.69, 9.17) is 0 Å². The van der Waals surface area contributed by atoms with E-state index in [0.717, 1.165) is 35.1 Å². The van der Waals surface area contributed by atoms with Crippen molar-refractivity contribution in [1.82, 2.24) is 9.97 Å². The molecule has 1 aromatic heterocycles. The van der Waals surface area contributed by atoms with Crippen LogP contribution in [0.3, 0.4) is 0 Å². The summed E-state index contributed by atoms with van der Waals surface area (Å²) in [6.45, 7) is 1.92. The highest BCUT2D eigenvalue weighted by molar-refractivity contribution is 9.10. The van der Waals surface area contributed by atoms with Gasteiger partial charge in [0.05, 0.1) is 5.60 Å². The maximum atomic E-state index is 10.9. The fourth-order valence-corrected chi connectivity index (χ4v) is 3.37. The molecule has 2 aromatic rings. The minimum Gasteiger partial charge on any atom is -0.385 e.